The van der Waals surface area contributed by atoms with Gasteiger partial charge in [0.15, 0.2) is 0 Å². The van der Waals surface area contributed by atoms with E-state index in [9.17, 15) is 0 Å². The fourth-order valence-electron chi connectivity index (χ4n) is 3.37. The molecule has 150 valence electrons. The van der Waals surface area contributed by atoms with Crippen LogP contribution in [0.4, 0.5) is 0 Å². The molecule has 4 rings (SSSR count). The fourth-order valence-corrected chi connectivity index (χ4v) is 3.37. The Morgan fingerprint density at radius 2 is 2.00 bits per heavy atom. The van der Waals surface area contributed by atoms with Crippen molar-refractivity contribution in [3.8, 4) is 5.75 Å². The lowest BCUT2D eigenvalue weighted by atomic mass is 10.1. The van der Waals surface area contributed by atoms with E-state index < -0.39 is 0 Å². The van der Waals surface area contributed by atoms with Crippen molar-refractivity contribution in [3.63, 3.8) is 0 Å². The third-order valence-electron chi connectivity index (χ3n) is 4.82. The second kappa shape index (κ2) is 9.28. The molecule has 0 unspecified atom stereocenters. The minimum atomic E-state index is 0.724. The maximum absolute atomic E-state index is 5.80. The summed E-state index contributed by atoms with van der Waals surface area (Å²) in [6, 6.07) is 6.17. The van der Waals surface area contributed by atoms with Crippen LogP contribution in [0.1, 0.15) is 55.5 Å². The summed E-state index contributed by atoms with van der Waals surface area (Å²) in [7, 11) is 0. The van der Waals surface area contributed by atoms with Crippen molar-refractivity contribution in [2.75, 3.05) is 6.61 Å². The smallest absolute Gasteiger partial charge is 0.139 e. The van der Waals surface area contributed by atoms with Gasteiger partial charge in [-0.3, -0.25) is 0 Å². The Morgan fingerprint density at radius 3 is 2.79 bits per heavy atom. The summed E-state index contributed by atoms with van der Waals surface area (Å²) < 4.78 is 5.80. The molecule has 0 saturated carbocycles. The molecular weight excluding hydrogens is 358 g/mol. The Bertz CT molecular complexity index is 976. The zero-order chi connectivity index (χ0) is 20.8. The van der Waals surface area contributed by atoms with Gasteiger partial charge in [-0.1, -0.05) is 57.4 Å². The molecule has 1 aromatic carbocycles. The van der Waals surface area contributed by atoms with Gasteiger partial charge in [-0.15, -0.1) is 0 Å². The topological polar surface area (TPSA) is 49.9 Å². The molecule has 4 heteroatoms. The second-order valence-electron chi connectivity index (χ2n) is 6.60. The molecule has 0 fully saturated rings. The molecule has 29 heavy (non-hydrogen) atoms. The molecule has 0 spiro atoms. The van der Waals surface area contributed by atoms with E-state index >= 15 is 0 Å². The van der Waals surface area contributed by atoms with Crippen LogP contribution in [0, 0.1) is 0 Å². The minimum absolute atomic E-state index is 0.724. The lowest BCUT2D eigenvalue weighted by molar-refractivity contribution is 0.356. The van der Waals surface area contributed by atoms with Gasteiger partial charge in [0.1, 0.15) is 11.6 Å². The summed E-state index contributed by atoms with van der Waals surface area (Å²) in [5.74, 6) is 1.68. The van der Waals surface area contributed by atoms with Crippen molar-refractivity contribution in [3.05, 3.63) is 83.6 Å². The number of hydrogen-bond donors (Lipinski definition) is 2. The molecule has 4 nitrogen and oxygen atoms in total. The summed E-state index contributed by atoms with van der Waals surface area (Å²) in [6.45, 7) is 15.2. The zero-order valence-electron chi connectivity index (χ0n) is 17.5. The first-order valence-electron chi connectivity index (χ1n) is 10.2. The van der Waals surface area contributed by atoms with Crippen LogP contribution < -0.4 is 10.1 Å². The van der Waals surface area contributed by atoms with E-state index in [0.29, 0.717) is 0 Å². The molecule has 2 aromatic rings. The second-order valence-corrected chi connectivity index (χ2v) is 6.60. The van der Waals surface area contributed by atoms with Crippen molar-refractivity contribution in [1.29, 1.82) is 0 Å². The molecule has 0 atom stereocenters. The number of ether oxygens (including phenoxy) is 1. The van der Waals surface area contributed by atoms with Crippen LogP contribution in [0.2, 0.25) is 0 Å². The Kier molecular flexibility index (Phi) is 6.55. The Hall–Kier alpha value is -3.27. The van der Waals surface area contributed by atoms with E-state index in [0.717, 1.165) is 64.9 Å². The number of para-hydroxylation sites is 1. The minimum Gasteiger partial charge on any atom is -0.492 e. The molecule has 2 N–H and O–H groups in total. The summed E-state index contributed by atoms with van der Waals surface area (Å²) in [4.78, 5) is 8.05. The summed E-state index contributed by atoms with van der Waals surface area (Å²) in [6.07, 6.45) is 12.2. The molecule has 0 bridgehead atoms. The van der Waals surface area contributed by atoms with Gasteiger partial charge in [-0.05, 0) is 37.1 Å². The van der Waals surface area contributed by atoms with Gasteiger partial charge in [-0.2, -0.15) is 0 Å². The first-order chi connectivity index (χ1) is 14.2. The predicted octanol–water partition coefficient (Wildman–Crippen LogP) is 5.98. The van der Waals surface area contributed by atoms with Gasteiger partial charge in [-0.25, -0.2) is 4.98 Å². The lowest BCUT2D eigenvalue weighted by Gasteiger charge is -2.16. The number of benzene rings is 1. The highest BCUT2D eigenvalue weighted by molar-refractivity contribution is 5.80. The predicted molar refractivity (Wildman–Crippen MR) is 123 cm³/mol. The van der Waals surface area contributed by atoms with Crippen molar-refractivity contribution < 1.29 is 4.74 Å². The number of imidazole rings is 1. The van der Waals surface area contributed by atoms with E-state index in [2.05, 4.69) is 52.7 Å². The van der Waals surface area contributed by atoms with Gasteiger partial charge in [0, 0.05) is 29.0 Å². The Labute approximate surface area is 173 Å². The number of allylic oxidation sites excluding steroid dienone is 4. The summed E-state index contributed by atoms with van der Waals surface area (Å²) in [5.41, 5.74) is 6.60. The average molecular weight is 388 g/mol. The Morgan fingerprint density at radius 1 is 1.21 bits per heavy atom. The quantitative estimate of drug-likeness (QED) is 0.621. The third-order valence-corrected chi connectivity index (χ3v) is 4.82. The monoisotopic (exact) mass is 387 g/mol. The molecule has 0 saturated heterocycles. The number of fused-ring (bicyclic) bond motifs is 2. The maximum Gasteiger partial charge on any atom is 0.139 e. The van der Waals surface area contributed by atoms with E-state index in [-0.39, 0.29) is 0 Å². The first-order valence-corrected chi connectivity index (χ1v) is 10.2. The average Bonchev–Trinajstić information content (AvgIpc) is 3.34. The van der Waals surface area contributed by atoms with Crippen LogP contribution in [-0.4, -0.2) is 16.6 Å². The van der Waals surface area contributed by atoms with Crippen molar-refractivity contribution in [1.82, 2.24) is 15.3 Å². The standard InChI is InChI=1S/C23H23N3O.C2H6/c1-4-19(15(2)23-25-20-11-6-5-7-12-21(20)26-23)24-16(3)18-10-8-9-17-13-14-27-22(17)18;1-2/h4,6-12,24H,2-3,5,13-14H2,1H3,(H,25,26);1-2H3/b19-4+;. The van der Waals surface area contributed by atoms with E-state index in [1.165, 1.54) is 5.56 Å². The van der Waals surface area contributed by atoms with Crippen LogP contribution in [0.5, 0.6) is 5.75 Å². The van der Waals surface area contributed by atoms with Crippen LogP contribution in [-0.2, 0) is 6.42 Å². The van der Waals surface area contributed by atoms with Gasteiger partial charge < -0.3 is 15.0 Å². The largest absolute Gasteiger partial charge is 0.492 e. The van der Waals surface area contributed by atoms with Crippen molar-refractivity contribution in [2.45, 2.75) is 33.6 Å². The van der Waals surface area contributed by atoms with E-state index in [1.807, 2.05) is 45.1 Å². The molecule has 1 aliphatic heterocycles. The molecule has 1 aliphatic carbocycles. The molecule has 2 aliphatic rings. The highest BCUT2D eigenvalue weighted by atomic mass is 16.5. The maximum atomic E-state index is 5.80. The number of aromatic nitrogens is 2. The Balaban J connectivity index is 0.00000117. The van der Waals surface area contributed by atoms with Gasteiger partial charge in [0.05, 0.1) is 18.0 Å². The number of H-pyrrole nitrogens is 1. The first kappa shape index (κ1) is 20.5. The molecule has 0 amide bonds. The van der Waals surface area contributed by atoms with Crippen LogP contribution in [0.15, 0.2) is 55.3 Å². The summed E-state index contributed by atoms with van der Waals surface area (Å²) >= 11 is 0. The fraction of sp³-hybridized carbons (Fsp3) is 0.240. The number of nitrogens with one attached hydrogen (secondary N) is 2. The van der Waals surface area contributed by atoms with Gasteiger partial charge in [0.2, 0.25) is 0 Å². The molecular formula is C25H29N3O. The van der Waals surface area contributed by atoms with Crippen molar-refractivity contribution >= 4 is 23.4 Å². The summed E-state index contributed by atoms with van der Waals surface area (Å²) in [5, 5.41) is 3.39. The highest BCUT2D eigenvalue weighted by Gasteiger charge is 2.19. The number of rotatable bonds is 5. The lowest BCUT2D eigenvalue weighted by Crippen LogP contribution is -2.13. The molecule has 1 aromatic heterocycles. The van der Waals surface area contributed by atoms with Gasteiger partial charge >= 0.3 is 0 Å². The van der Waals surface area contributed by atoms with Gasteiger partial charge in [0.25, 0.3) is 0 Å². The van der Waals surface area contributed by atoms with E-state index in [1.54, 1.807) is 0 Å². The SMILES string of the molecule is C=C(/C(=C\C)NC(=C)c1cccc2c1OCC2)c1nc2c([nH]1)C=CCC=C2.CC. The zero-order valence-corrected chi connectivity index (χ0v) is 17.5. The van der Waals surface area contributed by atoms with E-state index in [4.69, 9.17) is 4.74 Å². The molecule has 0 radical (unpaired) electrons. The molecule has 2 heterocycles. The van der Waals surface area contributed by atoms with Crippen LogP contribution in [0.25, 0.3) is 23.4 Å². The normalized spacial score (nSPS) is 14.1. The highest BCUT2D eigenvalue weighted by Crippen LogP contribution is 2.33. The van der Waals surface area contributed by atoms with Crippen LogP contribution >= 0.6 is 0 Å². The van der Waals surface area contributed by atoms with Crippen molar-refractivity contribution in [2.24, 2.45) is 0 Å². The number of aromatic amines is 1. The van der Waals surface area contributed by atoms with Crippen LogP contribution in [0.3, 0.4) is 0 Å². The number of nitrogens with zero attached hydrogens (tertiary/aromatic N) is 1. The number of hydrogen-bond acceptors (Lipinski definition) is 3. The third kappa shape index (κ3) is 4.27.